The van der Waals surface area contributed by atoms with Crippen LogP contribution in [0.15, 0.2) is 36.7 Å². The predicted molar refractivity (Wildman–Crippen MR) is 67.8 cm³/mol. The van der Waals surface area contributed by atoms with Gasteiger partial charge in [-0.25, -0.2) is 0 Å². The molecule has 0 radical (unpaired) electrons. The van der Waals surface area contributed by atoms with Crippen molar-refractivity contribution in [2.75, 3.05) is 7.11 Å². The lowest BCUT2D eigenvalue weighted by atomic mass is 10.2. The van der Waals surface area contributed by atoms with Gasteiger partial charge in [0, 0.05) is 5.56 Å². The molecule has 0 saturated heterocycles. The van der Waals surface area contributed by atoms with E-state index in [4.69, 9.17) is 16.3 Å². The van der Waals surface area contributed by atoms with E-state index in [1.165, 1.54) is 0 Å². The quantitative estimate of drug-likeness (QED) is 0.710. The van der Waals surface area contributed by atoms with E-state index in [2.05, 4.69) is 15.2 Å². The number of rotatable bonds is 2. The van der Waals surface area contributed by atoms with Gasteiger partial charge in [0.1, 0.15) is 10.9 Å². The summed E-state index contributed by atoms with van der Waals surface area (Å²) >= 11 is 6.12. The molecule has 0 fully saturated rings. The Morgan fingerprint density at radius 3 is 2.94 bits per heavy atom. The Labute approximate surface area is 108 Å². The molecule has 6 heteroatoms. The molecule has 2 heterocycles. The first kappa shape index (κ1) is 11.0. The Bertz CT molecular complexity index is 710. The summed E-state index contributed by atoms with van der Waals surface area (Å²) in [5.74, 6) is 1.42. The maximum atomic E-state index is 6.12. The molecular weight excluding hydrogens is 252 g/mol. The molecule has 0 aliphatic carbocycles. The van der Waals surface area contributed by atoms with E-state index in [1.807, 2.05) is 24.3 Å². The minimum Gasteiger partial charge on any atom is -0.497 e. The summed E-state index contributed by atoms with van der Waals surface area (Å²) in [4.78, 5) is 3.97. The summed E-state index contributed by atoms with van der Waals surface area (Å²) in [6, 6.07) is 7.57. The number of halogens is 1. The van der Waals surface area contributed by atoms with Crippen molar-refractivity contribution in [2.24, 2.45) is 0 Å². The Kier molecular flexibility index (Phi) is 2.60. The van der Waals surface area contributed by atoms with Crippen LogP contribution in [-0.2, 0) is 0 Å². The molecule has 3 rings (SSSR count). The molecule has 5 nitrogen and oxygen atoms in total. The van der Waals surface area contributed by atoms with Gasteiger partial charge in [0.05, 0.1) is 19.5 Å². The lowest BCUT2D eigenvalue weighted by Gasteiger charge is -2.04. The molecular formula is C12H9ClN4O. The van der Waals surface area contributed by atoms with E-state index in [9.17, 15) is 0 Å². The molecule has 0 amide bonds. The number of hydrogen-bond acceptors (Lipinski definition) is 4. The molecule has 0 N–H and O–H groups in total. The zero-order chi connectivity index (χ0) is 12.5. The molecule has 2 aromatic heterocycles. The number of benzene rings is 1. The Hall–Kier alpha value is -2.14. The van der Waals surface area contributed by atoms with Gasteiger partial charge in [-0.3, -0.25) is 9.38 Å². The van der Waals surface area contributed by atoms with Gasteiger partial charge in [-0.1, -0.05) is 23.7 Å². The first-order valence-electron chi connectivity index (χ1n) is 5.28. The zero-order valence-corrected chi connectivity index (χ0v) is 10.3. The highest BCUT2D eigenvalue weighted by Crippen LogP contribution is 2.24. The first-order valence-corrected chi connectivity index (χ1v) is 5.66. The minimum atomic E-state index is 0.468. The summed E-state index contributed by atoms with van der Waals surface area (Å²) in [7, 11) is 1.62. The topological polar surface area (TPSA) is 52.3 Å². The number of fused-ring (bicyclic) bond motifs is 1. The highest BCUT2D eigenvalue weighted by molar-refractivity contribution is 6.29. The molecule has 0 saturated carbocycles. The van der Waals surface area contributed by atoms with E-state index in [-0.39, 0.29) is 0 Å². The second-order valence-corrected chi connectivity index (χ2v) is 4.07. The molecule has 0 atom stereocenters. The van der Waals surface area contributed by atoms with Crippen LogP contribution in [-0.4, -0.2) is 26.7 Å². The maximum Gasteiger partial charge on any atom is 0.180 e. The lowest BCUT2D eigenvalue weighted by molar-refractivity contribution is 0.415. The number of aromatic nitrogens is 4. The van der Waals surface area contributed by atoms with Crippen molar-refractivity contribution in [1.82, 2.24) is 19.6 Å². The van der Waals surface area contributed by atoms with E-state index < -0.39 is 0 Å². The van der Waals surface area contributed by atoms with Crippen molar-refractivity contribution in [3.05, 3.63) is 41.8 Å². The Balaban J connectivity index is 2.25. The van der Waals surface area contributed by atoms with Crippen LogP contribution in [0.25, 0.3) is 17.0 Å². The third kappa shape index (κ3) is 1.69. The van der Waals surface area contributed by atoms with Crippen LogP contribution in [0.3, 0.4) is 0 Å². The standard InChI is InChI=1S/C12H9ClN4O/c1-18-9-4-2-3-8(5-9)12-16-15-11-7-14-6-10(13)17(11)12/h2-7H,1H3. The average Bonchev–Trinajstić information content (AvgIpc) is 2.84. The van der Waals surface area contributed by atoms with E-state index >= 15 is 0 Å². The van der Waals surface area contributed by atoms with Gasteiger partial charge >= 0.3 is 0 Å². The summed E-state index contributed by atoms with van der Waals surface area (Å²) < 4.78 is 6.93. The zero-order valence-electron chi connectivity index (χ0n) is 9.54. The molecule has 18 heavy (non-hydrogen) atoms. The van der Waals surface area contributed by atoms with Crippen molar-refractivity contribution in [1.29, 1.82) is 0 Å². The molecule has 0 aliphatic heterocycles. The molecule has 3 aromatic rings. The summed E-state index contributed by atoms with van der Waals surface area (Å²) in [6.07, 6.45) is 3.17. The van der Waals surface area contributed by atoms with Gasteiger partial charge < -0.3 is 4.74 Å². The Morgan fingerprint density at radius 2 is 2.11 bits per heavy atom. The van der Waals surface area contributed by atoms with Gasteiger partial charge in [-0.15, -0.1) is 10.2 Å². The molecule has 0 aliphatic rings. The van der Waals surface area contributed by atoms with Gasteiger partial charge in [0.25, 0.3) is 0 Å². The third-order valence-corrected chi connectivity index (χ3v) is 2.87. The van der Waals surface area contributed by atoms with Crippen LogP contribution >= 0.6 is 11.6 Å². The van der Waals surface area contributed by atoms with Crippen molar-refractivity contribution in [3.8, 4) is 17.1 Å². The van der Waals surface area contributed by atoms with Crippen LogP contribution in [0, 0.1) is 0 Å². The number of hydrogen-bond donors (Lipinski definition) is 0. The largest absolute Gasteiger partial charge is 0.497 e. The fraction of sp³-hybridized carbons (Fsp3) is 0.0833. The third-order valence-electron chi connectivity index (χ3n) is 2.60. The summed E-state index contributed by atoms with van der Waals surface area (Å²) in [5, 5.41) is 8.64. The van der Waals surface area contributed by atoms with E-state index in [0.717, 1.165) is 11.3 Å². The monoisotopic (exact) mass is 260 g/mol. The fourth-order valence-corrected chi connectivity index (χ4v) is 1.99. The van der Waals surface area contributed by atoms with Crippen LogP contribution < -0.4 is 4.74 Å². The minimum absolute atomic E-state index is 0.468. The van der Waals surface area contributed by atoms with Gasteiger partial charge in [0.15, 0.2) is 11.5 Å². The maximum absolute atomic E-state index is 6.12. The number of ether oxygens (including phenoxy) is 1. The molecule has 0 spiro atoms. The lowest BCUT2D eigenvalue weighted by Crippen LogP contribution is -1.92. The summed E-state index contributed by atoms with van der Waals surface area (Å²) in [6.45, 7) is 0. The van der Waals surface area contributed by atoms with Crippen LogP contribution in [0.1, 0.15) is 0 Å². The van der Waals surface area contributed by atoms with Gasteiger partial charge in [-0.2, -0.15) is 0 Å². The second kappa shape index (κ2) is 4.27. The van der Waals surface area contributed by atoms with Crippen molar-refractivity contribution < 1.29 is 4.74 Å². The fourth-order valence-electron chi connectivity index (χ4n) is 1.76. The van der Waals surface area contributed by atoms with Gasteiger partial charge in [0.2, 0.25) is 0 Å². The van der Waals surface area contributed by atoms with Crippen molar-refractivity contribution >= 4 is 17.2 Å². The van der Waals surface area contributed by atoms with Crippen molar-refractivity contribution in [3.63, 3.8) is 0 Å². The molecule has 1 aromatic carbocycles. The average molecular weight is 261 g/mol. The molecule has 0 unspecified atom stereocenters. The van der Waals surface area contributed by atoms with Crippen LogP contribution in [0.5, 0.6) is 5.75 Å². The van der Waals surface area contributed by atoms with Gasteiger partial charge in [-0.05, 0) is 12.1 Å². The highest BCUT2D eigenvalue weighted by Gasteiger charge is 2.11. The van der Waals surface area contributed by atoms with Crippen LogP contribution in [0.2, 0.25) is 5.15 Å². The van der Waals surface area contributed by atoms with E-state index in [0.29, 0.717) is 16.6 Å². The Morgan fingerprint density at radius 1 is 1.22 bits per heavy atom. The number of methoxy groups -OCH3 is 1. The predicted octanol–water partition coefficient (Wildman–Crippen LogP) is 2.45. The highest BCUT2D eigenvalue weighted by atomic mass is 35.5. The number of nitrogens with zero attached hydrogens (tertiary/aromatic N) is 4. The smallest absolute Gasteiger partial charge is 0.180 e. The first-order chi connectivity index (χ1) is 8.79. The summed E-state index contributed by atoms with van der Waals surface area (Å²) in [5.41, 5.74) is 1.50. The SMILES string of the molecule is COc1cccc(-c2nnc3cncc(Cl)n23)c1. The molecule has 90 valence electrons. The van der Waals surface area contributed by atoms with Crippen molar-refractivity contribution in [2.45, 2.75) is 0 Å². The van der Waals surface area contributed by atoms with Crippen LogP contribution in [0.4, 0.5) is 0 Å². The normalized spacial score (nSPS) is 10.8. The second-order valence-electron chi connectivity index (χ2n) is 3.68. The molecule has 0 bridgehead atoms. The van der Waals surface area contributed by atoms with E-state index in [1.54, 1.807) is 23.9 Å².